The quantitative estimate of drug-likeness (QED) is 0.878. The fourth-order valence-corrected chi connectivity index (χ4v) is 3.58. The molecule has 0 spiro atoms. The van der Waals surface area contributed by atoms with Crippen LogP contribution in [0.5, 0.6) is 0 Å². The highest BCUT2D eigenvalue weighted by molar-refractivity contribution is 7.16. The molecule has 1 saturated carbocycles. The number of hydrogen-bond acceptors (Lipinski definition) is 3. The molecule has 0 saturated heterocycles. The normalized spacial score (nSPS) is 22.4. The number of hydrogen-bond donors (Lipinski definition) is 2. The molecule has 4 nitrogen and oxygen atoms in total. The molecule has 1 heterocycles. The van der Waals surface area contributed by atoms with Crippen LogP contribution in [0.15, 0.2) is 12.1 Å². The van der Waals surface area contributed by atoms with Crippen molar-refractivity contribution in [1.82, 2.24) is 5.32 Å². The summed E-state index contributed by atoms with van der Waals surface area (Å²) in [5.74, 6) is -1.88. The van der Waals surface area contributed by atoms with E-state index in [4.69, 9.17) is 16.7 Å². The number of carboxylic acid groups (broad SMARTS) is 1. The molecule has 0 aliphatic heterocycles. The Hall–Kier alpha value is -1.07. The second-order valence-corrected chi connectivity index (χ2v) is 6.53. The lowest BCUT2D eigenvalue weighted by Gasteiger charge is -2.15. The highest BCUT2D eigenvalue weighted by Gasteiger charge is 2.37. The number of carboxylic acids is 1. The molecule has 19 heavy (non-hydrogen) atoms. The van der Waals surface area contributed by atoms with Gasteiger partial charge in [0.1, 0.15) is 0 Å². The van der Waals surface area contributed by atoms with Gasteiger partial charge in [0.05, 0.1) is 16.2 Å². The SMILES string of the molecule is O=C(O)C1CCCC1C(=O)NCCc1ccc(Cl)s1. The highest BCUT2D eigenvalue weighted by Crippen LogP contribution is 2.32. The Labute approximate surface area is 120 Å². The molecular weight excluding hydrogens is 286 g/mol. The number of thiophene rings is 1. The van der Waals surface area contributed by atoms with Gasteiger partial charge in [0.2, 0.25) is 5.91 Å². The van der Waals surface area contributed by atoms with E-state index in [2.05, 4.69) is 5.32 Å². The van der Waals surface area contributed by atoms with Crippen molar-refractivity contribution in [3.05, 3.63) is 21.3 Å². The first-order valence-electron chi connectivity index (χ1n) is 6.32. The summed E-state index contributed by atoms with van der Waals surface area (Å²) in [6.07, 6.45) is 2.82. The zero-order chi connectivity index (χ0) is 13.8. The maximum absolute atomic E-state index is 12.0. The monoisotopic (exact) mass is 301 g/mol. The van der Waals surface area contributed by atoms with Gasteiger partial charge >= 0.3 is 5.97 Å². The molecule has 1 aromatic heterocycles. The Morgan fingerprint density at radius 2 is 2.11 bits per heavy atom. The number of halogens is 1. The van der Waals surface area contributed by atoms with Crippen molar-refractivity contribution < 1.29 is 14.7 Å². The first-order chi connectivity index (χ1) is 9.08. The second-order valence-electron chi connectivity index (χ2n) is 4.73. The smallest absolute Gasteiger partial charge is 0.307 e. The molecule has 1 fully saturated rings. The van der Waals surface area contributed by atoms with E-state index in [1.165, 1.54) is 11.3 Å². The van der Waals surface area contributed by atoms with Gasteiger partial charge in [-0.25, -0.2) is 0 Å². The highest BCUT2D eigenvalue weighted by atomic mass is 35.5. The van der Waals surface area contributed by atoms with Crippen molar-refractivity contribution in [2.75, 3.05) is 6.54 Å². The lowest BCUT2D eigenvalue weighted by Crippen LogP contribution is -2.36. The third-order valence-electron chi connectivity index (χ3n) is 3.47. The third kappa shape index (κ3) is 3.70. The topological polar surface area (TPSA) is 66.4 Å². The minimum atomic E-state index is -0.859. The molecule has 1 aliphatic rings. The average molecular weight is 302 g/mol. The van der Waals surface area contributed by atoms with Gasteiger partial charge in [-0.1, -0.05) is 18.0 Å². The van der Waals surface area contributed by atoms with Crippen LogP contribution in [-0.4, -0.2) is 23.5 Å². The summed E-state index contributed by atoms with van der Waals surface area (Å²) in [6.45, 7) is 0.526. The molecule has 1 amide bonds. The Bertz CT molecular complexity index is 474. The maximum atomic E-state index is 12.0. The molecule has 0 bridgehead atoms. The molecule has 2 N–H and O–H groups in total. The number of amides is 1. The summed E-state index contributed by atoms with van der Waals surface area (Å²) < 4.78 is 0.739. The van der Waals surface area contributed by atoms with Crippen molar-refractivity contribution in [2.45, 2.75) is 25.7 Å². The number of carbonyl (C=O) groups excluding carboxylic acids is 1. The van der Waals surface area contributed by atoms with Gasteiger partial charge in [-0.05, 0) is 31.4 Å². The van der Waals surface area contributed by atoms with E-state index in [1.807, 2.05) is 12.1 Å². The van der Waals surface area contributed by atoms with E-state index in [-0.39, 0.29) is 11.8 Å². The molecule has 1 aromatic rings. The van der Waals surface area contributed by atoms with Crippen molar-refractivity contribution in [2.24, 2.45) is 11.8 Å². The number of rotatable bonds is 5. The van der Waals surface area contributed by atoms with Gasteiger partial charge in [0.25, 0.3) is 0 Å². The van der Waals surface area contributed by atoms with Gasteiger partial charge in [-0.3, -0.25) is 9.59 Å². The summed E-state index contributed by atoms with van der Waals surface area (Å²) >= 11 is 7.32. The van der Waals surface area contributed by atoms with Crippen LogP contribution < -0.4 is 5.32 Å². The molecule has 1 aliphatic carbocycles. The Kier molecular flexibility index (Phi) is 4.82. The van der Waals surface area contributed by atoms with E-state index in [9.17, 15) is 9.59 Å². The largest absolute Gasteiger partial charge is 0.481 e. The predicted molar refractivity (Wildman–Crippen MR) is 74.5 cm³/mol. The average Bonchev–Trinajstić information content (AvgIpc) is 2.97. The van der Waals surface area contributed by atoms with E-state index < -0.39 is 11.9 Å². The molecular formula is C13H16ClNO3S. The van der Waals surface area contributed by atoms with Crippen LogP contribution >= 0.6 is 22.9 Å². The van der Waals surface area contributed by atoms with Gasteiger partial charge in [0, 0.05) is 11.4 Å². The Morgan fingerprint density at radius 1 is 1.37 bits per heavy atom. The fraction of sp³-hybridized carbons (Fsp3) is 0.538. The lowest BCUT2D eigenvalue weighted by atomic mass is 9.95. The van der Waals surface area contributed by atoms with Crippen molar-refractivity contribution in [3.8, 4) is 0 Å². The Morgan fingerprint density at radius 3 is 2.74 bits per heavy atom. The van der Waals surface area contributed by atoms with Crippen LogP contribution in [0.3, 0.4) is 0 Å². The summed E-state index contributed by atoms with van der Waals surface area (Å²) in [7, 11) is 0. The van der Waals surface area contributed by atoms with Crippen molar-refractivity contribution in [3.63, 3.8) is 0 Å². The number of carbonyl (C=O) groups is 2. The summed E-state index contributed by atoms with van der Waals surface area (Å²) in [6, 6.07) is 3.77. The van der Waals surface area contributed by atoms with E-state index >= 15 is 0 Å². The molecule has 2 atom stereocenters. The Balaban J connectivity index is 1.79. The first kappa shape index (κ1) is 14.3. The van der Waals surface area contributed by atoms with Gasteiger partial charge < -0.3 is 10.4 Å². The van der Waals surface area contributed by atoms with E-state index in [0.29, 0.717) is 19.4 Å². The predicted octanol–water partition coefficient (Wildman–Crippen LogP) is 2.56. The molecule has 0 aromatic carbocycles. The van der Waals surface area contributed by atoms with Crippen molar-refractivity contribution >= 4 is 34.8 Å². The van der Waals surface area contributed by atoms with Crippen LogP contribution in [-0.2, 0) is 16.0 Å². The zero-order valence-corrected chi connectivity index (χ0v) is 12.0. The molecule has 2 rings (SSSR count). The maximum Gasteiger partial charge on any atom is 0.307 e. The van der Waals surface area contributed by atoms with Gasteiger partial charge in [-0.2, -0.15) is 0 Å². The van der Waals surface area contributed by atoms with Crippen LogP contribution in [0.1, 0.15) is 24.1 Å². The number of aliphatic carboxylic acids is 1. The molecule has 104 valence electrons. The summed E-state index contributed by atoms with van der Waals surface area (Å²) in [5.41, 5.74) is 0. The van der Waals surface area contributed by atoms with Crippen LogP contribution in [0, 0.1) is 11.8 Å². The first-order valence-corrected chi connectivity index (χ1v) is 7.52. The fourth-order valence-electron chi connectivity index (χ4n) is 2.50. The minimum absolute atomic E-state index is 0.132. The number of nitrogens with one attached hydrogen (secondary N) is 1. The molecule has 6 heteroatoms. The van der Waals surface area contributed by atoms with Gasteiger partial charge in [0.15, 0.2) is 0 Å². The summed E-state index contributed by atoms with van der Waals surface area (Å²) in [4.78, 5) is 24.1. The lowest BCUT2D eigenvalue weighted by molar-refractivity contribution is -0.146. The van der Waals surface area contributed by atoms with E-state index in [1.54, 1.807) is 0 Å². The second kappa shape index (κ2) is 6.39. The van der Waals surface area contributed by atoms with Crippen LogP contribution in [0.25, 0.3) is 0 Å². The van der Waals surface area contributed by atoms with Crippen LogP contribution in [0.2, 0.25) is 4.34 Å². The van der Waals surface area contributed by atoms with Gasteiger partial charge in [-0.15, -0.1) is 11.3 Å². The van der Waals surface area contributed by atoms with Crippen LogP contribution in [0.4, 0.5) is 0 Å². The molecule has 2 unspecified atom stereocenters. The summed E-state index contributed by atoms with van der Waals surface area (Å²) in [5, 5.41) is 11.9. The third-order valence-corrected chi connectivity index (χ3v) is 4.76. The zero-order valence-electron chi connectivity index (χ0n) is 10.4. The van der Waals surface area contributed by atoms with E-state index in [0.717, 1.165) is 22.1 Å². The molecule has 0 radical (unpaired) electrons. The minimum Gasteiger partial charge on any atom is -0.481 e. The standard InChI is InChI=1S/C13H16ClNO3S/c14-11-5-4-8(19-11)6-7-15-12(16)9-2-1-3-10(9)13(17)18/h4-5,9-10H,1-3,6-7H2,(H,15,16)(H,17,18). The van der Waals surface area contributed by atoms with Crippen molar-refractivity contribution in [1.29, 1.82) is 0 Å².